The van der Waals surface area contributed by atoms with Crippen molar-refractivity contribution in [3.05, 3.63) is 48.0 Å². The molecule has 1 aliphatic carbocycles. The van der Waals surface area contributed by atoms with Gasteiger partial charge in [0.2, 0.25) is 0 Å². The van der Waals surface area contributed by atoms with Crippen molar-refractivity contribution in [2.45, 2.75) is 45.6 Å². The van der Waals surface area contributed by atoms with E-state index in [1.165, 1.54) is 43.1 Å². The van der Waals surface area contributed by atoms with Crippen LogP contribution < -0.4 is 0 Å². The first-order chi connectivity index (χ1) is 7.68. The Balaban J connectivity index is 0.000000181. The Morgan fingerprint density at radius 2 is 1.62 bits per heavy atom. The third-order valence-electron chi connectivity index (χ3n) is 2.80. The minimum absolute atomic E-state index is 0.766. The summed E-state index contributed by atoms with van der Waals surface area (Å²) in [5.41, 5.74) is 2.90. The van der Waals surface area contributed by atoms with E-state index in [4.69, 9.17) is 0 Å². The summed E-state index contributed by atoms with van der Waals surface area (Å²) in [6, 6.07) is 10.6. The third kappa shape index (κ3) is 5.80. The molecule has 1 fully saturated rings. The minimum atomic E-state index is 0.766. The molecule has 0 nitrogen and oxygen atoms in total. The SMILES string of the molecule is C=C1CCCC1.CB(C)Cc1ccccc1. The molecule has 0 aromatic heterocycles. The summed E-state index contributed by atoms with van der Waals surface area (Å²) >= 11 is 0. The summed E-state index contributed by atoms with van der Waals surface area (Å²) in [5, 5.41) is 0. The van der Waals surface area contributed by atoms with Crippen molar-refractivity contribution in [2.75, 3.05) is 0 Å². The number of hydrogen-bond donors (Lipinski definition) is 0. The molecule has 0 radical (unpaired) electrons. The standard InChI is InChI=1S/C9H13B.C6H10/c1-10(2)8-9-6-4-3-5-7-9;1-6-4-2-3-5-6/h3-7H,8H2,1-2H3;1-5H2. The maximum absolute atomic E-state index is 3.85. The van der Waals surface area contributed by atoms with E-state index in [0.717, 1.165) is 6.71 Å². The normalized spacial score (nSPS) is 14.2. The van der Waals surface area contributed by atoms with Gasteiger partial charge in [-0.3, -0.25) is 0 Å². The highest BCUT2D eigenvalue weighted by atomic mass is 14.1. The molecule has 0 saturated heterocycles. The zero-order chi connectivity index (χ0) is 11.8. The summed E-state index contributed by atoms with van der Waals surface area (Å²) in [6.45, 7) is 9.11. The van der Waals surface area contributed by atoms with Gasteiger partial charge in [0.1, 0.15) is 6.71 Å². The zero-order valence-corrected chi connectivity index (χ0v) is 10.7. The molecule has 86 valence electrons. The lowest BCUT2D eigenvalue weighted by molar-refractivity contribution is 0.886. The molecule has 0 spiro atoms. The van der Waals surface area contributed by atoms with Crippen LogP contribution in [0.5, 0.6) is 0 Å². The van der Waals surface area contributed by atoms with Gasteiger partial charge in [-0.05, 0) is 32.0 Å². The first-order valence-corrected chi connectivity index (χ1v) is 6.39. The molecular formula is C15H23B. The van der Waals surface area contributed by atoms with Gasteiger partial charge in [-0.1, -0.05) is 61.7 Å². The van der Waals surface area contributed by atoms with E-state index >= 15 is 0 Å². The lowest BCUT2D eigenvalue weighted by Gasteiger charge is -1.99. The van der Waals surface area contributed by atoms with Crippen LogP contribution in [0, 0.1) is 0 Å². The highest BCUT2D eigenvalue weighted by Crippen LogP contribution is 2.20. The van der Waals surface area contributed by atoms with Gasteiger partial charge in [-0.2, -0.15) is 0 Å². The molecule has 0 unspecified atom stereocenters. The predicted molar refractivity (Wildman–Crippen MR) is 75.2 cm³/mol. The van der Waals surface area contributed by atoms with Gasteiger partial charge in [0.15, 0.2) is 0 Å². The first kappa shape index (κ1) is 13.1. The van der Waals surface area contributed by atoms with Gasteiger partial charge in [-0.15, -0.1) is 0 Å². The smallest absolute Gasteiger partial charge is 0.0999 e. The number of rotatable bonds is 2. The number of benzene rings is 1. The van der Waals surface area contributed by atoms with E-state index in [2.05, 4.69) is 50.6 Å². The summed E-state index contributed by atoms with van der Waals surface area (Å²) in [5.74, 6) is 0. The Morgan fingerprint density at radius 1 is 1.06 bits per heavy atom. The summed E-state index contributed by atoms with van der Waals surface area (Å²) < 4.78 is 0. The van der Waals surface area contributed by atoms with Crippen LogP contribution in [0.25, 0.3) is 0 Å². The minimum Gasteiger partial charge on any atom is -0.0999 e. The Kier molecular flexibility index (Phi) is 5.99. The molecule has 0 amide bonds. The van der Waals surface area contributed by atoms with Gasteiger partial charge in [0, 0.05) is 0 Å². The van der Waals surface area contributed by atoms with Crippen molar-refractivity contribution >= 4 is 6.71 Å². The van der Waals surface area contributed by atoms with Crippen LogP contribution in [0.15, 0.2) is 42.5 Å². The van der Waals surface area contributed by atoms with Gasteiger partial charge >= 0.3 is 0 Å². The van der Waals surface area contributed by atoms with Gasteiger partial charge in [-0.25, -0.2) is 0 Å². The highest BCUT2D eigenvalue weighted by molar-refractivity contribution is 6.55. The fourth-order valence-electron chi connectivity index (χ4n) is 1.96. The van der Waals surface area contributed by atoms with Crippen LogP contribution in [-0.4, -0.2) is 6.71 Å². The average Bonchev–Trinajstić information content (AvgIpc) is 2.71. The monoisotopic (exact) mass is 214 g/mol. The Labute approximate surface area is 101 Å². The molecule has 0 atom stereocenters. The molecule has 1 saturated carbocycles. The van der Waals surface area contributed by atoms with Crippen LogP contribution >= 0.6 is 0 Å². The van der Waals surface area contributed by atoms with Crippen molar-refractivity contribution in [2.24, 2.45) is 0 Å². The van der Waals surface area contributed by atoms with Crippen LogP contribution in [-0.2, 0) is 6.32 Å². The van der Waals surface area contributed by atoms with Crippen LogP contribution in [0.3, 0.4) is 0 Å². The average molecular weight is 214 g/mol. The van der Waals surface area contributed by atoms with Gasteiger partial charge in [0.05, 0.1) is 0 Å². The quantitative estimate of drug-likeness (QED) is 0.497. The maximum atomic E-state index is 3.85. The topological polar surface area (TPSA) is 0 Å². The largest absolute Gasteiger partial charge is 0.138 e. The molecular weight excluding hydrogens is 191 g/mol. The van der Waals surface area contributed by atoms with Crippen molar-refractivity contribution < 1.29 is 0 Å². The molecule has 0 heterocycles. The molecule has 1 aromatic carbocycles. The molecule has 1 aliphatic rings. The molecule has 2 rings (SSSR count). The fourth-order valence-corrected chi connectivity index (χ4v) is 1.96. The second kappa shape index (κ2) is 7.32. The summed E-state index contributed by atoms with van der Waals surface area (Å²) in [7, 11) is 0. The van der Waals surface area contributed by atoms with E-state index in [9.17, 15) is 0 Å². The van der Waals surface area contributed by atoms with Gasteiger partial charge < -0.3 is 0 Å². The molecule has 0 bridgehead atoms. The zero-order valence-electron chi connectivity index (χ0n) is 10.7. The van der Waals surface area contributed by atoms with Crippen LogP contribution in [0.4, 0.5) is 0 Å². The van der Waals surface area contributed by atoms with E-state index in [0.29, 0.717) is 0 Å². The lowest BCUT2D eigenvalue weighted by Crippen LogP contribution is -2.04. The van der Waals surface area contributed by atoms with E-state index in [1.807, 2.05) is 0 Å². The molecule has 0 aliphatic heterocycles. The van der Waals surface area contributed by atoms with Crippen LogP contribution in [0.2, 0.25) is 13.6 Å². The predicted octanol–water partition coefficient (Wildman–Crippen LogP) is 4.64. The van der Waals surface area contributed by atoms with Crippen molar-refractivity contribution in [1.82, 2.24) is 0 Å². The Bertz CT molecular complexity index is 292. The maximum Gasteiger partial charge on any atom is 0.138 e. The summed E-state index contributed by atoms with van der Waals surface area (Å²) in [6.07, 6.45) is 6.55. The van der Waals surface area contributed by atoms with Crippen molar-refractivity contribution in [3.8, 4) is 0 Å². The van der Waals surface area contributed by atoms with Crippen LogP contribution in [0.1, 0.15) is 31.2 Å². The second-order valence-electron chi connectivity index (χ2n) is 5.04. The molecule has 16 heavy (non-hydrogen) atoms. The Hall–Kier alpha value is -0.975. The van der Waals surface area contributed by atoms with E-state index in [1.54, 1.807) is 0 Å². The molecule has 1 heteroatoms. The number of allylic oxidation sites excluding steroid dienone is 1. The van der Waals surface area contributed by atoms with Gasteiger partial charge in [0.25, 0.3) is 0 Å². The third-order valence-corrected chi connectivity index (χ3v) is 2.80. The first-order valence-electron chi connectivity index (χ1n) is 6.39. The second-order valence-corrected chi connectivity index (χ2v) is 5.04. The fraction of sp³-hybridized carbons (Fsp3) is 0.467. The summed E-state index contributed by atoms with van der Waals surface area (Å²) in [4.78, 5) is 0. The number of hydrogen-bond acceptors (Lipinski definition) is 0. The van der Waals surface area contributed by atoms with E-state index in [-0.39, 0.29) is 0 Å². The molecule has 1 aromatic rings. The highest BCUT2D eigenvalue weighted by Gasteiger charge is 2.01. The molecule has 0 N–H and O–H groups in total. The Morgan fingerprint density at radius 3 is 2.00 bits per heavy atom. The lowest BCUT2D eigenvalue weighted by atomic mass is 9.51. The van der Waals surface area contributed by atoms with Crippen molar-refractivity contribution in [1.29, 1.82) is 0 Å². The van der Waals surface area contributed by atoms with E-state index < -0.39 is 0 Å². The van der Waals surface area contributed by atoms with Crippen molar-refractivity contribution in [3.63, 3.8) is 0 Å².